The number of rotatable bonds is 3. The highest BCUT2D eigenvalue weighted by molar-refractivity contribution is 5.68. The van der Waals surface area contributed by atoms with E-state index < -0.39 is 5.60 Å². The Labute approximate surface area is 122 Å². The number of carbonyl (C=O) groups excluding carboxylic acids is 1. The second kappa shape index (κ2) is 6.51. The highest BCUT2D eigenvalue weighted by Crippen LogP contribution is 2.39. The molecule has 0 aromatic heterocycles. The van der Waals surface area contributed by atoms with E-state index in [-0.39, 0.29) is 11.5 Å². The lowest BCUT2D eigenvalue weighted by Gasteiger charge is -2.42. The molecule has 20 heavy (non-hydrogen) atoms. The van der Waals surface area contributed by atoms with Gasteiger partial charge in [-0.25, -0.2) is 4.79 Å². The van der Waals surface area contributed by atoms with Crippen LogP contribution in [0.5, 0.6) is 0 Å². The van der Waals surface area contributed by atoms with Crippen molar-refractivity contribution in [3.8, 4) is 0 Å². The van der Waals surface area contributed by atoms with E-state index in [0.29, 0.717) is 18.8 Å². The fourth-order valence-electron chi connectivity index (χ4n) is 2.70. The van der Waals surface area contributed by atoms with Crippen LogP contribution in [0.1, 0.15) is 60.3 Å². The van der Waals surface area contributed by atoms with Crippen LogP contribution in [0.4, 0.5) is 4.79 Å². The van der Waals surface area contributed by atoms with Gasteiger partial charge in [0.1, 0.15) is 5.60 Å². The zero-order valence-corrected chi connectivity index (χ0v) is 13.5. The topological polar surface area (TPSA) is 49.8 Å². The maximum atomic E-state index is 12.2. The van der Waals surface area contributed by atoms with E-state index in [1.54, 1.807) is 4.90 Å². The molecule has 1 unspecified atom stereocenters. The van der Waals surface area contributed by atoms with E-state index in [2.05, 4.69) is 6.92 Å². The van der Waals surface area contributed by atoms with Gasteiger partial charge in [0.25, 0.3) is 0 Å². The molecule has 1 aliphatic heterocycles. The number of nitrogens with zero attached hydrogens (tertiary/aromatic N) is 1. The average molecular weight is 283 g/mol. The van der Waals surface area contributed by atoms with Gasteiger partial charge in [0.15, 0.2) is 0 Å². The lowest BCUT2D eigenvalue weighted by Crippen LogP contribution is -2.48. The van der Waals surface area contributed by atoms with Crippen molar-refractivity contribution in [1.82, 2.24) is 4.90 Å². The number of ether oxygens (including phenoxy) is 1. The van der Waals surface area contributed by atoms with Crippen molar-refractivity contribution in [1.29, 1.82) is 0 Å². The molecule has 1 N–H and O–H groups in total. The van der Waals surface area contributed by atoms with Crippen LogP contribution in [-0.2, 0) is 4.74 Å². The molecular formula is C16H29NO3. The molecule has 1 heterocycles. The third-order valence-corrected chi connectivity index (χ3v) is 3.85. The van der Waals surface area contributed by atoms with Gasteiger partial charge in [-0.3, -0.25) is 0 Å². The molecule has 0 radical (unpaired) electrons. The Bertz CT molecular complexity index is 370. The van der Waals surface area contributed by atoms with Crippen LogP contribution in [0.25, 0.3) is 0 Å². The highest BCUT2D eigenvalue weighted by Gasteiger charge is 2.40. The molecule has 1 amide bonds. The van der Waals surface area contributed by atoms with Gasteiger partial charge in [-0.15, -0.1) is 0 Å². The Morgan fingerprint density at radius 2 is 2.05 bits per heavy atom. The van der Waals surface area contributed by atoms with Crippen LogP contribution >= 0.6 is 0 Å². The Kier molecular flexibility index (Phi) is 5.49. The standard InChI is InChI=1S/C16H29NO3/c1-6-9-13(18)16(7-2)10-8-11-17(12-16)14(19)20-15(3,4)5/h9,18H,6-8,10-12H2,1-5H3. The largest absolute Gasteiger partial charge is 0.512 e. The van der Waals surface area contributed by atoms with Crippen molar-refractivity contribution in [2.75, 3.05) is 13.1 Å². The molecule has 1 saturated heterocycles. The molecule has 4 heteroatoms. The second-order valence-corrected chi connectivity index (χ2v) is 6.64. The van der Waals surface area contributed by atoms with Crippen molar-refractivity contribution >= 4 is 6.09 Å². The number of amides is 1. The first-order chi connectivity index (χ1) is 9.24. The lowest BCUT2D eigenvalue weighted by atomic mass is 9.75. The van der Waals surface area contributed by atoms with Gasteiger partial charge in [-0.1, -0.05) is 13.8 Å². The van der Waals surface area contributed by atoms with Crippen LogP contribution in [0.2, 0.25) is 0 Å². The van der Waals surface area contributed by atoms with E-state index in [1.807, 2.05) is 33.8 Å². The smallest absolute Gasteiger partial charge is 0.410 e. The first kappa shape index (κ1) is 16.9. The first-order valence-corrected chi connectivity index (χ1v) is 7.61. The molecule has 1 fully saturated rings. The predicted octanol–water partition coefficient (Wildman–Crippen LogP) is 4.27. The van der Waals surface area contributed by atoms with E-state index >= 15 is 0 Å². The molecule has 0 aromatic rings. The van der Waals surface area contributed by atoms with E-state index in [1.165, 1.54) is 0 Å². The van der Waals surface area contributed by atoms with Crippen LogP contribution in [0.3, 0.4) is 0 Å². The molecule has 0 spiro atoms. The number of hydrogen-bond acceptors (Lipinski definition) is 3. The molecule has 1 atom stereocenters. The molecule has 116 valence electrons. The van der Waals surface area contributed by atoms with Gasteiger partial charge in [0, 0.05) is 18.5 Å². The average Bonchev–Trinajstić information content (AvgIpc) is 2.37. The van der Waals surface area contributed by atoms with Crippen molar-refractivity contribution < 1.29 is 14.6 Å². The van der Waals surface area contributed by atoms with Gasteiger partial charge in [0.05, 0.1) is 5.76 Å². The van der Waals surface area contributed by atoms with Crippen LogP contribution in [0, 0.1) is 5.41 Å². The fourth-order valence-corrected chi connectivity index (χ4v) is 2.70. The summed E-state index contributed by atoms with van der Waals surface area (Å²) in [4.78, 5) is 13.9. The highest BCUT2D eigenvalue weighted by atomic mass is 16.6. The number of carbonyl (C=O) groups is 1. The Morgan fingerprint density at radius 1 is 1.40 bits per heavy atom. The number of likely N-dealkylation sites (tertiary alicyclic amines) is 1. The normalized spacial score (nSPS) is 24.6. The predicted molar refractivity (Wildman–Crippen MR) is 80.8 cm³/mol. The van der Waals surface area contributed by atoms with Gasteiger partial charge >= 0.3 is 6.09 Å². The lowest BCUT2D eigenvalue weighted by molar-refractivity contribution is 0.00309. The molecule has 0 aromatic carbocycles. The van der Waals surface area contributed by atoms with Crippen LogP contribution in [0.15, 0.2) is 11.8 Å². The van der Waals surface area contributed by atoms with Gasteiger partial charge in [0.2, 0.25) is 0 Å². The summed E-state index contributed by atoms with van der Waals surface area (Å²) in [6.45, 7) is 10.9. The number of aliphatic hydroxyl groups is 1. The van der Waals surface area contributed by atoms with Gasteiger partial charge < -0.3 is 14.7 Å². The summed E-state index contributed by atoms with van der Waals surface area (Å²) in [5, 5.41) is 10.3. The summed E-state index contributed by atoms with van der Waals surface area (Å²) in [6, 6.07) is 0. The van der Waals surface area contributed by atoms with Crippen molar-refractivity contribution in [3.05, 3.63) is 11.8 Å². The Hall–Kier alpha value is -1.19. The second-order valence-electron chi connectivity index (χ2n) is 6.64. The third-order valence-electron chi connectivity index (χ3n) is 3.85. The first-order valence-electron chi connectivity index (χ1n) is 7.61. The summed E-state index contributed by atoms with van der Waals surface area (Å²) < 4.78 is 5.44. The SMILES string of the molecule is CCC=C(O)C1(CC)CCCN(C(=O)OC(C)(C)C)C1. The van der Waals surface area contributed by atoms with Crippen molar-refractivity contribution in [2.24, 2.45) is 5.41 Å². The fraction of sp³-hybridized carbons (Fsp3) is 0.812. The summed E-state index contributed by atoms with van der Waals surface area (Å²) in [5.41, 5.74) is -0.782. The van der Waals surface area contributed by atoms with Crippen LogP contribution < -0.4 is 0 Å². The Morgan fingerprint density at radius 3 is 2.55 bits per heavy atom. The van der Waals surface area contributed by atoms with Gasteiger partial charge in [-0.2, -0.15) is 0 Å². The van der Waals surface area contributed by atoms with Crippen molar-refractivity contribution in [2.45, 2.75) is 65.9 Å². The molecule has 1 rings (SSSR count). The number of allylic oxidation sites excluding steroid dienone is 1. The maximum absolute atomic E-state index is 12.2. The maximum Gasteiger partial charge on any atom is 0.410 e. The van der Waals surface area contributed by atoms with E-state index in [4.69, 9.17) is 4.74 Å². The molecule has 1 aliphatic rings. The minimum atomic E-state index is -0.481. The van der Waals surface area contributed by atoms with Crippen LogP contribution in [-0.4, -0.2) is 34.8 Å². The van der Waals surface area contributed by atoms with Gasteiger partial charge in [-0.05, 0) is 52.5 Å². The van der Waals surface area contributed by atoms with Crippen molar-refractivity contribution in [3.63, 3.8) is 0 Å². The molecule has 0 saturated carbocycles. The summed E-state index contributed by atoms with van der Waals surface area (Å²) >= 11 is 0. The summed E-state index contributed by atoms with van der Waals surface area (Å²) in [7, 11) is 0. The minimum Gasteiger partial charge on any atom is -0.512 e. The third kappa shape index (κ3) is 4.15. The minimum absolute atomic E-state index is 0.278. The number of piperidine rings is 1. The molecular weight excluding hydrogens is 254 g/mol. The summed E-state index contributed by atoms with van der Waals surface area (Å²) in [6.07, 6.45) is 5.04. The van der Waals surface area contributed by atoms with E-state index in [0.717, 1.165) is 25.7 Å². The summed E-state index contributed by atoms with van der Waals surface area (Å²) in [5.74, 6) is 0.427. The molecule has 4 nitrogen and oxygen atoms in total. The monoisotopic (exact) mass is 283 g/mol. The quantitative estimate of drug-likeness (QED) is 0.787. The zero-order chi connectivity index (χ0) is 15.4. The Balaban J connectivity index is 2.84. The molecule has 0 aliphatic carbocycles. The number of hydrogen-bond donors (Lipinski definition) is 1. The van der Waals surface area contributed by atoms with E-state index in [9.17, 15) is 9.90 Å². The zero-order valence-electron chi connectivity index (χ0n) is 13.5. The molecule has 0 bridgehead atoms. The number of aliphatic hydroxyl groups excluding tert-OH is 1.